The van der Waals surface area contributed by atoms with Crippen molar-refractivity contribution in [3.63, 3.8) is 0 Å². The van der Waals surface area contributed by atoms with Gasteiger partial charge in [-0.15, -0.1) is 11.5 Å². The van der Waals surface area contributed by atoms with Gasteiger partial charge in [-0.3, -0.25) is 4.79 Å². The van der Waals surface area contributed by atoms with Crippen molar-refractivity contribution in [2.24, 2.45) is 5.92 Å². The second-order valence-corrected chi connectivity index (χ2v) is 9.16. The van der Waals surface area contributed by atoms with Crippen LogP contribution in [0.2, 0.25) is 0 Å². The molecule has 1 amide bonds. The van der Waals surface area contributed by atoms with Crippen molar-refractivity contribution in [2.45, 2.75) is 45.9 Å². The van der Waals surface area contributed by atoms with Gasteiger partial charge < -0.3 is 28.6 Å². The summed E-state index contributed by atoms with van der Waals surface area (Å²) in [7, 11) is 1.35. The van der Waals surface area contributed by atoms with Gasteiger partial charge in [0.15, 0.2) is 0 Å². The highest BCUT2D eigenvalue weighted by atomic mass is 16.6. The Morgan fingerprint density at radius 3 is 2.33 bits per heavy atom. The number of amides is 1. The monoisotopic (exact) mass is 542 g/mol. The molecule has 0 saturated carbocycles. The zero-order chi connectivity index (χ0) is 28.2. The maximum Gasteiger partial charge on any atom is 0.337 e. The normalized spacial score (nSPS) is 18.4. The van der Waals surface area contributed by atoms with Gasteiger partial charge in [-0.1, -0.05) is 25.0 Å². The molecule has 3 atom stereocenters. The van der Waals surface area contributed by atoms with Gasteiger partial charge in [-0.25, -0.2) is 9.48 Å². The molecule has 0 radical (unpaired) electrons. The first-order valence-electron chi connectivity index (χ1n) is 13.1. The fourth-order valence-electron chi connectivity index (χ4n) is 4.88. The number of nitrogens with zero attached hydrogens (tertiary/aromatic N) is 4. The number of ether oxygens (including phenoxy) is 5. The Hall–Kier alpha value is -3.30. The molecule has 0 fully saturated rings. The van der Waals surface area contributed by atoms with Crippen LogP contribution in [0.4, 0.5) is 5.69 Å². The highest BCUT2D eigenvalue weighted by molar-refractivity contribution is 5.96. The lowest BCUT2D eigenvalue weighted by molar-refractivity contribution is -0.117. The molecule has 39 heavy (non-hydrogen) atoms. The number of hydrogen-bond acceptors (Lipinski definition) is 9. The molecule has 212 valence electrons. The average molecular weight is 543 g/mol. The maximum atomic E-state index is 12.6. The number of fused-ring (bicyclic) bond motifs is 1. The first-order chi connectivity index (χ1) is 18.9. The molecule has 1 aromatic carbocycles. The minimum atomic E-state index is -0.438. The summed E-state index contributed by atoms with van der Waals surface area (Å²) in [6.45, 7) is 8.94. The van der Waals surface area contributed by atoms with Crippen molar-refractivity contribution < 1.29 is 33.3 Å². The van der Waals surface area contributed by atoms with E-state index in [9.17, 15) is 9.59 Å². The Labute approximate surface area is 229 Å². The van der Waals surface area contributed by atoms with Gasteiger partial charge in [0.25, 0.3) is 0 Å². The quantitative estimate of drug-likeness (QED) is 0.190. The number of terminal acetylenes is 1. The topological polar surface area (TPSA) is 114 Å². The van der Waals surface area contributed by atoms with Crippen molar-refractivity contribution in [3.05, 3.63) is 41.2 Å². The molecule has 11 nitrogen and oxygen atoms in total. The SMILES string of the molecule is C#CCOCCOCCOCCOCc1cn([C@@H]2c3cc(C(=O)OC)ccc3N(C(C)=O)[C@@H](CC)[C@H]2C)nn1. The van der Waals surface area contributed by atoms with Crippen LogP contribution in [-0.4, -0.2) is 86.3 Å². The van der Waals surface area contributed by atoms with Crippen molar-refractivity contribution >= 4 is 17.6 Å². The number of anilines is 1. The van der Waals surface area contributed by atoms with E-state index >= 15 is 0 Å². The lowest BCUT2D eigenvalue weighted by atomic mass is 9.80. The van der Waals surface area contributed by atoms with E-state index in [1.807, 2.05) is 17.2 Å². The van der Waals surface area contributed by atoms with Crippen LogP contribution in [0, 0.1) is 18.3 Å². The molecule has 0 spiro atoms. The van der Waals surface area contributed by atoms with Crippen LogP contribution in [0.5, 0.6) is 0 Å². The van der Waals surface area contributed by atoms with Crippen LogP contribution < -0.4 is 4.90 Å². The standard InChI is InChI=1S/C28H38N4O7/c1-6-10-36-11-12-37-13-14-38-15-16-39-19-23-18-31(30-29-23)27-20(3)25(7-2)32(21(4)33)26-9-8-22(17-24(26)27)28(34)35-5/h1,8-9,17-18,20,25,27H,7,10-16,19H2,2-5H3/t20-,25+,27+/m1/s1. The average Bonchev–Trinajstić information content (AvgIpc) is 3.40. The Morgan fingerprint density at radius 1 is 1.05 bits per heavy atom. The van der Waals surface area contributed by atoms with E-state index in [4.69, 9.17) is 30.1 Å². The summed E-state index contributed by atoms with van der Waals surface area (Å²) in [5, 5.41) is 8.69. The second-order valence-electron chi connectivity index (χ2n) is 9.16. The van der Waals surface area contributed by atoms with Crippen LogP contribution in [0.15, 0.2) is 24.4 Å². The van der Waals surface area contributed by atoms with Gasteiger partial charge in [0.1, 0.15) is 12.3 Å². The number of esters is 1. The first kappa shape index (κ1) is 30.2. The Morgan fingerprint density at radius 2 is 1.72 bits per heavy atom. The van der Waals surface area contributed by atoms with E-state index in [2.05, 4.69) is 30.1 Å². The smallest absolute Gasteiger partial charge is 0.337 e. The lowest BCUT2D eigenvalue weighted by Gasteiger charge is -2.44. The molecule has 0 saturated heterocycles. The van der Waals surface area contributed by atoms with Gasteiger partial charge >= 0.3 is 5.97 Å². The van der Waals surface area contributed by atoms with Gasteiger partial charge in [0.2, 0.25) is 5.91 Å². The van der Waals surface area contributed by atoms with Crippen molar-refractivity contribution in [1.29, 1.82) is 0 Å². The molecule has 2 aromatic rings. The summed E-state index contributed by atoms with van der Waals surface area (Å²) < 4.78 is 28.5. The predicted molar refractivity (Wildman–Crippen MR) is 143 cm³/mol. The van der Waals surface area contributed by atoms with E-state index in [1.54, 1.807) is 23.7 Å². The lowest BCUT2D eigenvalue weighted by Crippen LogP contribution is -2.49. The van der Waals surface area contributed by atoms with E-state index in [0.29, 0.717) is 50.9 Å². The van der Waals surface area contributed by atoms with Crippen molar-refractivity contribution in [1.82, 2.24) is 15.0 Å². The van der Waals surface area contributed by atoms with E-state index < -0.39 is 5.97 Å². The van der Waals surface area contributed by atoms with E-state index in [0.717, 1.165) is 17.7 Å². The Balaban J connectivity index is 1.60. The Bertz CT molecular complexity index is 1130. The summed E-state index contributed by atoms with van der Waals surface area (Å²) in [6.07, 6.45) is 7.72. The van der Waals surface area contributed by atoms with Crippen molar-refractivity contribution in [2.75, 3.05) is 58.3 Å². The van der Waals surface area contributed by atoms with E-state index in [1.165, 1.54) is 7.11 Å². The molecular formula is C28H38N4O7. The van der Waals surface area contributed by atoms with Gasteiger partial charge in [0.05, 0.1) is 71.2 Å². The van der Waals surface area contributed by atoms with Gasteiger partial charge in [-0.2, -0.15) is 0 Å². The zero-order valence-corrected chi connectivity index (χ0v) is 23.1. The molecule has 2 heterocycles. The zero-order valence-electron chi connectivity index (χ0n) is 23.1. The summed E-state index contributed by atoms with van der Waals surface area (Å²) in [5.74, 6) is 1.92. The molecule has 1 aliphatic rings. The minimum absolute atomic E-state index is 0.00859. The second kappa shape index (κ2) is 15.3. The summed E-state index contributed by atoms with van der Waals surface area (Å²) in [4.78, 5) is 26.7. The number of benzene rings is 1. The largest absolute Gasteiger partial charge is 0.465 e. The summed E-state index contributed by atoms with van der Waals surface area (Å²) in [6, 6.07) is 5.01. The molecule has 0 bridgehead atoms. The summed E-state index contributed by atoms with van der Waals surface area (Å²) >= 11 is 0. The van der Waals surface area contributed by atoms with Gasteiger partial charge in [0, 0.05) is 30.1 Å². The molecule has 1 aliphatic heterocycles. The highest BCUT2D eigenvalue weighted by Gasteiger charge is 2.41. The predicted octanol–water partition coefficient (Wildman–Crippen LogP) is 2.63. The third-order valence-electron chi connectivity index (χ3n) is 6.62. The maximum absolute atomic E-state index is 12.6. The van der Waals surface area contributed by atoms with Crippen LogP contribution >= 0.6 is 0 Å². The number of hydrogen-bond donors (Lipinski definition) is 0. The molecule has 3 rings (SSSR count). The molecule has 0 N–H and O–H groups in total. The molecule has 0 aliphatic carbocycles. The number of aromatic nitrogens is 3. The number of methoxy groups -OCH3 is 1. The first-order valence-corrected chi connectivity index (χ1v) is 13.1. The van der Waals surface area contributed by atoms with Crippen LogP contribution in [0.3, 0.4) is 0 Å². The third-order valence-corrected chi connectivity index (χ3v) is 6.62. The molecule has 0 unspecified atom stereocenters. The molecule has 1 aromatic heterocycles. The minimum Gasteiger partial charge on any atom is -0.465 e. The number of rotatable bonds is 15. The molecular weight excluding hydrogens is 504 g/mol. The fraction of sp³-hybridized carbons (Fsp3) is 0.571. The van der Waals surface area contributed by atoms with Crippen LogP contribution in [-0.2, 0) is 35.1 Å². The number of carbonyl (C=O) groups excluding carboxylic acids is 2. The van der Waals surface area contributed by atoms with Crippen LogP contribution in [0.1, 0.15) is 54.8 Å². The number of carbonyl (C=O) groups is 2. The fourth-order valence-corrected chi connectivity index (χ4v) is 4.88. The highest BCUT2D eigenvalue weighted by Crippen LogP contribution is 2.44. The third kappa shape index (κ3) is 7.86. The van der Waals surface area contributed by atoms with Gasteiger partial charge in [-0.05, 0) is 24.6 Å². The van der Waals surface area contributed by atoms with E-state index in [-0.39, 0.29) is 37.1 Å². The van der Waals surface area contributed by atoms with Crippen molar-refractivity contribution in [3.8, 4) is 12.3 Å². The molecule has 11 heteroatoms. The Kier molecular flexibility index (Phi) is 11.9. The summed E-state index contributed by atoms with van der Waals surface area (Å²) in [5.41, 5.74) is 2.67. The van der Waals surface area contributed by atoms with Crippen LogP contribution in [0.25, 0.3) is 0 Å².